The molecule has 0 aromatic carbocycles. The Morgan fingerprint density at radius 2 is 2.21 bits per heavy atom. The molecule has 2 heterocycles. The summed E-state index contributed by atoms with van der Waals surface area (Å²) in [5.74, 6) is 0. The Morgan fingerprint density at radius 3 is 2.84 bits per heavy atom. The Balaban J connectivity index is 1.94. The van der Waals surface area contributed by atoms with E-state index < -0.39 is 0 Å². The van der Waals surface area contributed by atoms with Crippen LogP contribution in [0.3, 0.4) is 0 Å². The number of thiazole rings is 1. The van der Waals surface area contributed by atoms with Crippen molar-refractivity contribution in [1.82, 2.24) is 15.2 Å². The Bertz CT molecular complexity index is 421. The van der Waals surface area contributed by atoms with E-state index in [1.807, 2.05) is 11.3 Å². The van der Waals surface area contributed by atoms with Crippen molar-refractivity contribution in [2.45, 2.75) is 57.5 Å². The van der Waals surface area contributed by atoms with Gasteiger partial charge in [-0.05, 0) is 52.6 Å². The third-order valence-corrected chi connectivity index (χ3v) is 6.05. The van der Waals surface area contributed by atoms with Gasteiger partial charge in [0.25, 0.3) is 0 Å². The van der Waals surface area contributed by atoms with Crippen LogP contribution in [0.1, 0.15) is 48.7 Å². The number of likely N-dealkylation sites (N-methyl/N-ethyl adjacent to an activating group) is 2. The number of hydrogen-bond donors (Lipinski definition) is 1. The first-order valence-electron chi connectivity index (χ1n) is 7.59. The molecule has 19 heavy (non-hydrogen) atoms. The van der Waals surface area contributed by atoms with Crippen LogP contribution in [0, 0.1) is 0 Å². The average molecular weight is 279 g/mol. The summed E-state index contributed by atoms with van der Waals surface area (Å²) >= 11 is 1.98. The van der Waals surface area contributed by atoms with Gasteiger partial charge in [-0.1, -0.05) is 6.92 Å². The maximum absolute atomic E-state index is 5.02. The summed E-state index contributed by atoms with van der Waals surface area (Å²) < 4.78 is 0. The van der Waals surface area contributed by atoms with E-state index in [-0.39, 0.29) is 5.54 Å². The first kappa shape index (κ1) is 13.5. The summed E-state index contributed by atoms with van der Waals surface area (Å²) in [6.45, 7) is 6.64. The number of fused-ring (bicyclic) bond motifs is 1. The van der Waals surface area contributed by atoms with Gasteiger partial charge < -0.3 is 10.2 Å². The minimum Gasteiger partial charge on any atom is -0.305 e. The highest BCUT2D eigenvalue weighted by Crippen LogP contribution is 2.39. The zero-order valence-corrected chi connectivity index (χ0v) is 13.1. The lowest BCUT2D eigenvalue weighted by Gasteiger charge is -2.27. The third-order valence-electron chi connectivity index (χ3n) is 4.69. The van der Waals surface area contributed by atoms with Gasteiger partial charge in [-0.2, -0.15) is 0 Å². The predicted molar refractivity (Wildman–Crippen MR) is 80.8 cm³/mol. The lowest BCUT2D eigenvalue weighted by Crippen LogP contribution is -2.44. The van der Waals surface area contributed by atoms with Crippen molar-refractivity contribution in [3.8, 4) is 0 Å². The van der Waals surface area contributed by atoms with Crippen LogP contribution in [0.15, 0.2) is 0 Å². The Kier molecular flexibility index (Phi) is 3.67. The molecule has 1 fully saturated rings. The number of rotatable bonds is 3. The Morgan fingerprint density at radius 1 is 1.42 bits per heavy atom. The van der Waals surface area contributed by atoms with Gasteiger partial charge >= 0.3 is 0 Å². The van der Waals surface area contributed by atoms with Crippen molar-refractivity contribution in [2.75, 3.05) is 20.1 Å². The molecule has 1 aromatic heterocycles. The number of nitrogens with zero attached hydrogens (tertiary/aromatic N) is 2. The third kappa shape index (κ3) is 2.34. The van der Waals surface area contributed by atoms with Crippen LogP contribution in [0.5, 0.6) is 0 Å². The van der Waals surface area contributed by atoms with E-state index in [1.165, 1.54) is 42.8 Å². The van der Waals surface area contributed by atoms with E-state index >= 15 is 0 Å². The number of likely N-dealkylation sites (tertiary alicyclic amines) is 1. The highest BCUT2D eigenvalue weighted by molar-refractivity contribution is 7.11. The molecular weight excluding hydrogens is 254 g/mol. The second kappa shape index (κ2) is 5.15. The fraction of sp³-hybridized carbons (Fsp3) is 0.800. The number of hydrogen-bond acceptors (Lipinski definition) is 4. The topological polar surface area (TPSA) is 28.2 Å². The number of nitrogens with one attached hydrogen (secondary N) is 1. The molecule has 4 heteroatoms. The van der Waals surface area contributed by atoms with E-state index in [4.69, 9.17) is 4.98 Å². The molecule has 0 bridgehead atoms. The van der Waals surface area contributed by atoms with Crippen molar-refractivity contribution >= 4 is 11.3 Å². The molecule has 3 nitrogen and oxygen atoms in total. The largest absolute Gasteiger partial charge is 0.305 e. The molecule has 1 saturated heterocycles. The molecular formula is C15H25N3S. The SMILES string of the molecule is CCNC1(c2nc3c(s2)CCCC3)CC(C)N(C)C1. The molecule has 1 aliphatic carbocycles. The summed E-state index contributed by atoms with van der Waals surface area (Å²) in [5.41, 5.74) is 1.50. The van der Waals surface area contributed by atoms with Gasteiger partial charge in [0, 0.05) is 17.5 Å². The quantitative estimate of drug-likeness (QED) is 0.921. The first-order valence-corrected chi connectivity index (χ1v) is 8.40. The average Bonchev–Trinajstić information content (AvgIpc) is 2.93. The van der Waals surface area contributed by atoms with Gasteiger partial charge in [0.2, 0.25) is 0 Å². The molecule has 2 atom stereocenters. The van der Waals surface area contributed by atoms with Crippen LogP contribution in [-0.4, -0.2) is 36.1 Å². The second-order valence-electron chi connectivity index (χ2n) is 6.18. The standard InChI is InChI=1S/C15H25N3S/c1-4-16-15(9-11(2)18(3)10-15)14-17-12-7-5-6-8-13(12)19-14/h11,16H,4-10H2,1-3H3. The fourth-order valence-corrected chi connectivity index (χ4v) is 4.88. The van der Waals surface area contributed by atoms with Crippen LogP contribution in [0.2, 0.25) is 0 Å². The summed E-state index contributed by atoms with van der Waals surface area (Å²) in [7, 11) is 2.23. The molecule has 0 radical (unpaired) electrons. The zero-order chi connectivity index (χ0) is 13.5. The summed E-state index contributed by atoms with van der Waals surface area (Å²) in [6.07, 6.45) is 6.30. The van der Waals surface area contributed by atoms with Gasteiger partial charge in [0.1, 0.15) is 5.01 Å². The maximum atomic E-state index is 5.02. The molecule has 1 aromatic rings. The summed E-state index contributed by atoms with van der Waals surface area (Å²) in [4.78, 5) is 9.04. The molecule has 2 unspecified atom stereocenters. The van der Waals surface area contributed by atoms with E-state index in [0.29, 0.717) is 6.04 Å². The van der Waals surface area contributed by atoms with Crippen molar-refractivity contribution in [3.05, 3.63) is 15.6 Å². The zero-order valence-electron chi connectivity index (χ0n) is 12.3. The molecule has 0 spiro atoms. The minimum atomic E-state index is 0.102. The molecule has 0 amide bonds. The molecule has 106 valence electrons. The molecule has 3 rings (SSSR count). The number of aryl methyl sites for hydroxylation is 2. The monoisotopic (exact) mass is 279 g/mol. The highest BCUT2D eigenvalue weighted by atomic mass is 32.1. The van der Waals surface area contributed by atoms with Crippen LogP contribution in [0.25, 0.3) is 0 Å². The number of aromatic nitrogens is 1. The van der Waals surface area contributed by atoms with Gasteiger partial charge in [0.15, 0.2) is 0 Å². The summed E-state index contributed by atoms with van der Waals surface area (Å²) in [5, 5.41) is 5.10. The van der Waals surface area contributed by atoms with Crippen LogP contribution in [-0.2, 0) is 18.4 Å². The van der Waals surface area contributed by atoms with E-state index in [9.17, 15) is 0 Å². The van der Waals surface area contributed by atoms with Crippen molar-refractivity contribution in [2.24, 2.45) is 0 Å². The highest BCUT2D eigenvalue weighted by Gasteiger charge is 2.44. The predicted octanol–water partition coefficient (Wildman–Crippen LogP) is 2.55. The van der Waals surface area contributed by atoms with Crippen LogP contribution in [0.4, 0.5) is 0 Å². The minimum absolute atomic E-state index is 0.102. The van der Waals surface area contributed by atoms with E-state index in [0.717, 1.165) is 13.1 Å². The first-order chi connectivity index (χ1) is 9.14. The molecule has 2 aliphatic rings. The molecule has 1 aliphatic heterocycles. The fourth-order valence-electron chi connectivity index (χ4n) is 3.56. The normalized spacial score (nSPS) is 31.6. The lowest BCUT2D eigenvalue weighted by atomic mass is 9.96. The van der Waals surface area contributed by atoms with Gasteiger partial charge in [-0.15, -0.1) is 11.3 Å². The molecule has 0 saturated carbocycles. The van der Waals surface area contributed by atoms with Crippen molar-refractivity contribution in [1.29, 1.82) is 0 Å². The Labute approximate surface area is 120 Å². The van der Waals surface area contributed by atoms with E-state index in [1.54, 1.807) is 4.88 Å². The van der Waals surface area contributed by atoms with Crippen molar-refractivity contribution < 1.29 is 0 Å². The van der Waals surface area contributed by atoms with Crippen LogP contribution < -0.4 is 5.32 Å². The second-order valence-corrected chi connectivity index (χ2v) is 7.26. The van der Waals surface area contributed by atoms with Crippen molar-refractivity contribution in [3.63, 3.8) is 0 Å². The van der Waals surface area contributed by atoms with Gasteiger partial charge in [0.05, 0.1) is 11.2 Å². The lowest BCUT2D eigenvalue weighted by molar-refractivity contribution is 0.301. The van der Waals surface area contributed by atoms with Crippen LogP contribution >= 0.6 is 11.3 Å². The summed E-state index contributed by atoms with van der Waals surface area (Å²) in [6, 6.07) is 0.639. The van der Waals surface area contributed by atoms with Gasteiger partial charge in [-0.3, -0.25) is 0 Å². The van der Waals surface area contributed by atoms with Gasteiger partial charge in [-0.25, -0.2) is 4.98 Å². The smallest absolute Gasteiger partial charge is 0.115 e. The molecule has 1 N–H and O–H groups in total. The Hall–Kier alpha value is -0.450. The van der Waals surface area contributed by atoms with E-state index in [2.05, 4.69) is 31.1 Å². The maximum Gasteiger partial charge on any atom is 0.115 e.